The van der Waals surface area contributed by atoms with Crippen LogP contribution < -0.4 is 0 Å². The second kappa shape index (κ2) is 2.84. The Kier molecular flexibility index (Phi) is 1.95. The van der Waals surface area contributed by atoms with Gasteiger partial charge in [-0.25, -0.2) is 4.98 Å². The molecule has 1 aliphatic carbocycles. The minimum atomic E-state index is 0.659. The molecule has 0 N–H and O–H groups in total. The zero-order valence-electron chi connectivity index (χ0n) is 7.92. The van der Waals surface area contributed by atoms with Crippen molar-refractivity contribution in [3.05, 3.63) is 15.6 Å². The number of nitrogens with zero attached hydrogens (tertiary/aromatic N) is 1. The van der Waals surface area contributed by atoms with Crippen LogP contribution in [0.4, 0.5) is 0 Å². The molecule has 2 heteroatoms. The van der Waals surface area contributed by atoms with Crippen LogP contribution in [0, 0.1) is 6.92 Å². The molecule has 1 heterocycles. The molecule has 1 aromatic heterocycles. The molecule has 1 saturated carbocycles. The van der Waals surface area contributed by atoms with E-state index in [1.54, 1.807) is 0 Å². The average molecular weight is 181 g/mol. The van der Waals surface area contributed by atoms with Crippen LogP contribution in [0.2, 0.25) is 0 Å². The first-order chi connectivity index (χ1) is 5.68. The van der Waals surface area contributed by atoms with Crippen molar-refractivity contribution < 1.29 is 0 Å². The summed E-state index contributed by atoms with van der Waals surface area (Å²) in [5.74, 6) is 1.47. The predicted molar refractivity (Wildman–Crippen MR) is 52.9 cm³/mol. The zero-order valence-corrected chi connectivity index (χ0v) is 8.74. The number of hydrogen-bond acceptors (Lipinski definition) is 2. The summed E-state index contributed by atoms with van der Waals surface area (Å²) in [6.07, 6.45) is 2.73. The van der Waals surface area contributed by atoms with Crippen molar-refractivity contribution in [2.45, 2.75) is 45.4 Å². The van der Waals surface area contributed by atoms with Gasteiger partial charge in [0.2, 0.25) is 0 Å². The van der Waals surface area contributed by atoms with Gasteiger partial charge in [-0.15, -0.1) is 11.3 Å². The van der Waals surface area contributed by atoms with Gasteiger partial charge in [-0.2, -0.15) is 0 Å². The summed E-state index contributed by atoms with van der Waals surface area (Å²) in [5, 5.41) is 1.24. The van der Waals surface area contributed by atoms with Crippen molar-refractivity contribution in [3.8, 4) is 0 Å². The standard InChI is InChI=1S/C10H15NS/c1-6(2)10-9(8-4-5-8)11-7(3)12-10/h6,8H,4-5H2,1-3H3. The van der Waals surface area contributed by atoms with Crippen LogP contribution in [0.5, 0.6) is 0 Å². The van der Waals surface area contributed by atoms with Gasteiger partial charge in [0.15, 0.2) is 0 Å². The van der Waals surface area contributed by atoms with E-state index >= 15 is 0 Å². The van der Waals surface area contributed by atoms with Gasteiger partial charge in [0, 0.05) is 10.8 Å². The van der Waals surface area contributed by atoms with Gasteiger partial charge in [0.25, 0.3) is 0 Å². The molecular weight excluding hydrogens is 166 g/mol. The molecular formula is C10H15NS. The van der Waals surface area contributed by atoms with Crippen LogP contribution in [-0.4, -0.2) is 4.98 Å². The largest absolute Gasteiger partial charge is 0.246 e. The third-order valence-corrected chi connectivity index (χ3v) is 3.56. The molecule has 0 saturated heterocycles. The van der Waals surface area contributed by atoms with E-state index in [0.29, 0.717) is 5.92 Å². The maximum Gasteiger partial charge on any atom is 0.0900 e. The lowest BCUT2D eigenvalue weighted by Gasteiger charge is -2.02. The molecule has 0 radical (unpaired) electrons. The Balaban J connectivity index is 2.36. The summed E-state index contributed by atoms with van der Waals surface area (Å²) >= 11 is 1.88. The summed E-state index contributed by atoms with van der Waals surface area (Å²) in [4.78, 5) is 6.14. The van der Waals surface area contributed by atoms with Crippen LogP contribution in [0.15, 0.2) is 0 Å². The van der Waals surface area contributed by atoms with Crippen LogP contribution in [0.3, 0.4) is 0 Å². The predicted octanol–water partition coefficient (Wildman–Crippen LogP) is 3.45. The normalized spacial score (nSPS) is 17.3. The second-order valence-electron chi connectivity index (χ2n) is 3.91. The molecule has 0 spiro atoms. The summed E-state index contributed by atoms with van der Waals surface area (Å²) in [6.45, 7) is 6.64. The SMILES string of the molecule is Cc1nc(C2CC2)c(C(C)C)s1. The lowest BCUT2D eigenvalue weighted by Crippen LogP contribution is -1.89. The third-order valence-electron chi connectivity index (χ3n) is 2.28. The molecule has 0 atom stereocenters. The topological polar surface area (TPSA) is 12.9 Å². The van der Waals surface area contributed by atoms with E-state index in [-0.39, 0.29) is 0 Å². The average Bonchev–Trinajstić information content (AvgIpc) is 2.75. The van der Waals surface area contributed by atoms with Gasteiger partial charge in [0.05, 0.1) is 10.7 Å². The summed E-state index contributed by atoms with van der Waals surface area (Å²) < 4.78 is 0. The Labute approximate surface area is 77.8 Å². The zero-order chi connectivity index (χ0) is 8.72. The highest BCUT2D eigenvalue weighted by Crippen LogP contribution is 2.44. The molecule has 0 bridgehead atoms. The number of hydrogen-bond donors (Lipinski definition) is 0. The van der Waals surface area contributed by atoms with E-state index in [1.165, 1.54) is 28.4 Å². The van der Waals surface area contributed by atoms with Crippen LogP contribution >= 0.6 is 11.3 Å². The van der Waals surface area contributed by atoms with Gasteiger partial charge in [0.1, 0.15) is 0 Å². The molecule has 1 fully saturated rings. The van der Waals surface area contributed by atoms with E-state index in [2.05, 4.69) is 25.8 Å². The van der Waals surface area contributed by atoms with E-state index < -0.39 is 0 Å². The smallest absolute Gasteiger partial charge is 0.0900 e. The lowest BCUT2D eigenvalue weighted by atomic mass is 10.1. The van der Waals surface area contributed by atoms with Gasteiger partial charge in [-0.3, -0.25) is 0 Å². The van der Waals surface area contributed by atoms with Crippen LogP contribution in [-0.2, 0) is 0 Å². The fourth-order valence-electron chi connectivity index (χ4n) is 1.52. The Morgan fingerprint density at radius 1 is 1.42 bits per heavy atom. The quantitative estimate of drug-likeness (QED) is 0.681. The van der Waals surface area contributed by atoms with Gasteiger partial charge in [-0.1, -0.05) is 13.8 Å². The van der Waals surface area contributed by atoms with E-state index in [9.17, 15) is 0 Å². The molecule has 0 unspecified atom stereocenters. The van der Waals surface area contributed by atoms with Gasteiger partial charge >= 0.3 is 0 Å². The Hall–Kier alpha value is -0.370. The first-order valence-electron chi connectivity index (χ1n) is 4.65. The summed E-state index contributed by atoms with van der Waals surface area (Å²) in [7, 11) is 0. The fraction of sp³-hybridized carbons (Fsp3) is 0.700. The first-order valence-corrected chi connectivity index (χ1v) is 5.47. The second-order valence-corrected chi connectivity index (χ2v) is 5.15. The van der Waals surface area contributed by atoms with Gasteiger partial charge in [-0.05, 0) is 25.7 Å². The van der Waals surface area contributed by atoms with Crippen molar-refractivity contribution in [2.75, 3.05) is 0 Å². The van der Waals surface area contributed by atoms with Crippen LogP contribution in [0.25, 0.3) is 0 Å². The molecule has 0 amide bonds. The Morgan fingerprint density at radius 2 is 2.08 bits per heavy atom. The molecule has 1 aromatic rings. The molecule has 0 aromatic carbocycles. The highest BCUT2D eigenvalue weighted by atomic mass is 32.1. The summed E-state index contributed by atoms with van der Waals surface area (Å²) in [6, 6.07) is 0. The fourth-order valence-corrected chi connectivity index (χ4v) is 2.54. The van der Waals surface area contributed by atoms with E-state index in [0.717, 1.165) is 5.92 Å². The number of aromatic nitrogens is 1. The highest BCUT2D eigenvalue weighted by Gasteiger charge is 2.29. The van der Waals surface area contributed by atoms with E-state index in [1.807, 2.05) is 11.3 Å². The molecule has 2 rings (SSSR count). The number of aryl methyl sites for hydroxylation is 1. The van der Waals surface area contributed by atoms with Crippen molar-refractivity contribution in [3.63, 3.8) is 0 Å². The molecule has 12 heavy (non-hydrogen) atoms. The number of thiazole rings is 1. The maximum atomic E-state index is 4.61. The first kappa shape index (κ1) is 8.24. The Bertz CT molecular complexity index is 265. The molecule has 66 valence electrons. The van der Waals surface area contributed by atoms with Crippen molar-refractivity contribution in [2.24, 2.45) is 0 Å². The third kappa shape index (κ3) is 1.40. The molecule has 1 aliphatic rings. The van der Waals surface area contributed by atoms with Crippen molar-refractivity contribution in [1.29, 1.82) is 0 Å². The lowest BCUT2D eigenvalue weighted by molar-refractivity contribution is 0.851. The molecule has 0 aliphatic heterocycles. The highest BCUT2D eigenvalue weighted by molar-refractivity contribution is 7.11. The van der Waals surface area contributed by atoms with Crippen LogP contribution in [0.1, 0.15) is 54.1 Å². The van der Waals surface area contributed by atoms with E-state index in [4.69, 9.17) is 0 Å². The van der Waals surface area contributed by atoms with Crippen molar-refractivity contribution in [1.82, 2.24) is 4.98 Å². The maximum absolute atomic E-state index is 4.61. The number of rotatable bonds is 2. The minimum absolute atomic E-state index is 0.659. The minimum Gasteiger partial charge on any atom is -0.246 e. The van der Waals surface area contributed by atoms with Crippen molar-refractivity contribution >= 4 is 11.3 Å². The van der Waals surface area contributed by atoms with Gasteiger partial charge < -0.3 is 0 Å². The summed E-state index contributed by atoms with van der Waals surface area (Å²) in [5.41, 5.74) is 1.41. The monoisotopic (exact) mass is 181 g/mol. The molecule has 1 nitrogen and oxygen atoms in total. The Morgan fingerprint density at radius 3 is 2.58 bits per heavy atom.